The second-order valence-corrected chi connectivity index (χ2v) is 11.1. The van der Waals surface area contributed by atoms with Crippen LogP contribution in [-0.4, -0.2) is 5.11 Å². The third kappa shape index (κ3) is 6.28. The standard InChI is InChI=1S/C31H32OS2/c1-31(2,28-16-18-29(32)19-17-28)30-26(22-33-20-24-10-5-3-6-11-24)14-9-15-27(30)23-34-21-25-12-7-4-8-13-25/h3-19,32H,20-23H2,1-2H3. The Balaban J connectivity index is 1.60. The molecule has 0 unspecified atom stereocenters. The minimum Gasteiger partial charge on any atom is -0.508 e. The summed E-state index contributed by atoms with van der Waals surface area (Å²) in [6.45, 7) is 4.62. The lowest BCUT2D eigenvalue weighted by Gasteiger charge is -2.31. The number of benzene rings is 4. The SMILES string of the molecule is CC(C)(c1ccc(O)cc1)c1c(CSCc2ccccc2)cccc1CSCc1ccccc1. The van der Waals surface area contributed by atoms with Gasteiger partial charge in [-0.3, -0.25) is 0 Å². The van der Waals surface area contributed by atoms with Crippen LogP contribution in [0.2, 0.25) is 0 Å². The second kappa shape index (κ2) is 11.7. The molecule has 1 N–H and O–H groups in total. The lowest BCUT2D eigenvalue weighted by atomic mass is 9.74. The summed E-state index contributed by atoms with van der Waals surface area (Å²) in [5, 5.41) is 9.84. The predicted molar refractivity (Wildman–Crippen MR) is 150 cm³/mol. The van der Waals surface area contributed by atoms with Crippen LogP contribution in [0.25, 0.3) is 0 Å². The molecule has 0 bridgehead atoms. The van der Waals surface area contributed by atoms with Gasteiger partial charge in [0.1, 0.15) is 5.75 Å². The van der Waals surface area contributed by atoms with Crippen molar-refractivity contribution < 1.29 is 5.11 Å². The lowest BCUT2D eigenvalue weighted by molar-refractivity contribution is 0.474. The van der Waals surface area contributed by atoms with Crippen molar-refractivity contribution in [3.8, 4) is 5.75 Å². The fourth-order valence-corrected chi connectivity index (χ4v) is 6.41. The molecule has 4 aromatic carbocycles. The molecule has 0 saturated carbocycles. The Bertz CT molecular complexity index is 1110. The molecule has 0 spiro atoms. The van der Waals surface area contributed by atoms with Crippen LogP contribution < -0.4 is 0 Å². The van der Waals surface area contributed by atoms with Crippen LogP contribution in [0.5, 0.6) is 5.75 Å². The number of thioether (sulfide) groups is 2. The molecule has 3 heteroatoms. The summed E-state index contributed by atoms with van der Waals surface area (Å²) in [5.41, 5.74) is 8.00. The molecule has 4 rings (SSSR count). The van der Waals surface area contributed by atoms with E-state index in [1.807, 2.05) is 23.5 Å². The molecule has 1 nitrogen and oxygen atoms in total. The first-order chi connectivity index (χ1) is 16.5. The number of phenolic OH excluding ortho intramolecular Hbond substituents is 1. The van der Waals surface area contributed by atoms with Crippen LogP contribution in [0.1, 0.15) is 47.2 Å². The number of hydrogen-bond donors (Lipinski definition) is 1. The van der Waals surface area contributed by atoms with Gasteiger partial charge in [0, 0.05) is 28.4 Å². The van der Waals surface area contributed by atoms with Gasteiger partial charge in [0.25, 0.3) is 0 Å². The maximum absolute atomic E-state index is 9.84. The Morgan fingerprint density at radius 3 is 1.50 bits per heavy atom. The van der Waals surface area contributed by atoms with E-state index >= 15 is 0 Å². The van der Waals surface area contributed by atoms with Gasteiger partial charge in [0.05, 0.1) is 0 Å². The molecule has 0 atom stereocenters. The molecule has 0 saturated heterocycles. The van der Waals surface area contributed by atoms with E-state index in [4.69, 9.17) is 0 Å². The van der Waals surface area contributed by atoms with Gasteiger partial charge in [-0.1, -0.05) is 105 Å². The second-order valence-electron chi connectivity index (χ2n) is 9.08. The van der Waals surface area contributed by atoms with Crippen LogP contribution in [0.15, 0.2) is 103 Å². The molecule has 0 aromatic heterocycles. The van der Waals surface area contributed by atoms with E-state index in [1.165, 1.54) is 33.4 Å². The van der Waals surface area contributed by atoms with Crippen molar-refractivity contribution >= 4 is 23.5 Å². The fraction of sp³-hybridized carbons (Fsp3) is 0.226. The number of hydrogen-bond acceptors (Lipinski definition) is 3. The summed E-state index contributed by atoms with van der Waals surface area (Å²) in [4.78, 5) is 0. The van der Waals surface area contributed by atoms with Crippen molar-refractivity contribution in [1.82, 2.24) is 0 Å². The van der Waals surface area contributed by atoms with E-state index in [2.05, 4.69) is 105 Å². The van der Waals surface area contributed by atoms with Crippen LogP contribution in [0.4, 0.5) is 0 Å². The van der Waals surface area contributed by atoms with Crippen LogP contribution >= 0.6 is 23.5 Å². The van der Waals surface area contributed by atoms with Crippen molar-refractivity contribution in [2.45, 2.75) is 42.3 Å². The van der Waals surface area contributed by atoms with Gasteiger partial charge in [-0.2, -0.15) is 23.5 Å². The van der Waals surface area contributed by atoms with Gasteiger partial charge >= 0.3 is 0 Å². The molecule has 0 fully saturated rings. The van der Waals surface area contributed by atoms with E-state index in [1.54, 1.807) is 12.1 Å². The predicted octanol–water partition coefficient (Wildman–Crippen LogP) is 8.58. The smallest absolute Gasteiger partial charge is 0.115 e. The van der Waals surface area contributed by atoms with E-state index in [0.717, 1.165) is 23.0 Å². The van der Waals surface area contributed by atoms with E-state index in [0.29, 0.717) is 5.75 Å². The fourth-order valence-electron chi connectivity index (χ4n) is 4.43. The largest absolute Gasteiger partial charge is 0.508 e. The lowest BCUT2D eigenvalue weighted by Crippen LogP contribution is -2.23. The molecule has 0 radical (unpaired) electrons. The molecule has 0 amide bonds. The first kappa shape index (κ1) is 24.5. The summed E-state index contributed by atoms with van der Waals surface area (Å²) in [7, 11) is 0. The summed E-state index contributed by atoms with van der Waals surface area (Å²) >= 11 is 3.94. The van der Waals surface area contributed by atoms with Crippen molar-refractivity contribution in [2.75, 3.05) is 0 Å². The summed E-state index contributed by atoms with van der Waals surface area (Å²) in [5.74, 6) is 4.27. The maximum atomic E-state index is 9.84. The highest BCUT2D eigenvalue weighted by molar-refractivity contribution is 7.98. The zero-order valence-corrected chi connectivity index (χ0v) is 21.5. The average Bonchev–Trinajstić information content (AvgIpc) is 2.86. The zero-order valence-electron chi connectivity index (χ0n) is 19.9. The highest BCUT2D eigenvalue weighted by atomic mass is 32.2. The Kier molecular flexibility index (Phi) is 8.42. The molecule has 0 aliphatic heterocycles. The molecular formula is C31H32OS2. The van der Waals surface area contributed by atoms with Gasteiger partial charge in [-0.15, -0.1) is 0 Å². The molecule has 174 valence electrons. The maximum Gasteiger partial charge on any atom is 0.115 e. The monoisotopic (exact) mass is 484 g/mol. The minimum atomic E-state index is -0.166. The minimum absolute atomic E-state index is 0.166. The van der Waals surface area contributed by atoms with Crippen molar-refractivity contribution in [3.63, 3.8) is 0 Å². The normalized spacial score (nSPS) is 11.5. The summed E-state index contributed by atoms with van der Waals surface area (Å²) in [6.07, 6.45) is 0. The third-order valence-electron chi connectivity index (χ3n) is 6.19. The average molecular weight is 485 g/mol. The highest BCUT2D eigenvalue weighted by Crippen LogP contribution is 2.39. The van der Waals surface area contributed by atoms with Gasteiger partial charge in [0.15, 0.2) is 0 Å². The van der Waals surface area contributed by atoms with E-state index in [9.17, 15) is 5.11 Å². The van der Waals surface area contributed by atoms with Crippen molar-refractivity contribution in [1.29, 1.82) is 0 Å². The van der Waals surface area contributed by atoms with Crippen molar-refractivity contribution in [3.05, 3.63) is 137 Å². The molecule has 0 heterocycles. The Hall–Kier alpha value is -2.62. The van der Waals surface area contributed by atoms with Crippen molar-refractivity contribution in [2.24, 2.45) is 0 Å². The third-order valence-corrected chi connectivity index (χ3v) is 8.29. The Morgan fingerprint density at radius 2 is 1.03 bits per heavy atom. The van der Waals surface area contributed by atoms with Gasteiger partial charge in [0.2, 0.25) is 0 Å². The first-order valence-electron chi connectivity index (χ1n) is 11.7. The zero-order chi connectivity index (χ0) is 23.8. The van der Waals surface area contributed by atoms with Crippen LogP contribution in [-0.2, 0) is 28.4 Å². The molecule has 34 heavy (non-hydrogen) atoms. The topological polar surface area (TPSA) is 20.2 Å². The first-order valence-corrected chi connectivity index (χ1v) is 14.0. The molecule has 4 aromatic rings. The molecule has 0 aliphatic rings. The van der Waals surface area contributed by atoms with Gasteiger partial charge in [-0.25, -0.2) is 0 Å². The van der Waals surface area contributed by atoms with Crippen LogP contribution in [0, 0.1) is 0 Å². The number of phenols is 1. The molecular weight excluding hydrogens is 452 g/mol. The van der Waals surface area contributed by atoms with Gasteiger partial charge in [-0.05, 0) is 45.5 Å². The van der Waals surface area contributed by atoms with Crippen LogP contribution in [0.3, 0.4) is 0 Å². The highest BCUT2D eigenvalue weighted by Gasteiger charge is 2.28. The Morgan fingerprint density at radius 1 is 0.559 bits per heavy atom. The number of rotatable bonds is 10. The summed E-state index contributed by atoms with van der Waals surface area (Å²) < 4.78 is 0. The molecule has 0 aliphatic carbocycles. The van der Waals surface area contributed by atoms with E-state index < -0.39 is 0 Å². The quantitative estimate of drug-likeness (QED) is 0.243. The Labute approximate surface area is 212 Å². The number of aromatic hydroxyl groups is 1. The van der Waals surface area contributed by atoms with Gasteiger partial charge < -0.3 is 5.11 Å². The summed E-state index contributed by atoms with van der Waals surface area (Å²) in [6, 6.07) is 35.9. The van der Waals surface area contributed by atoms with E-state index in [-0.39, 0.29) is 5.41 Å².